The van der Waals surface area contributed by atoms with Crippen LogP contribution in [0.15, 0.2) is 0 Å². The summed E-state index contributed by atoms with van der Waals surface area (Å²) in [4.78, 5) is 10.5. The summed E-state index contributed by atoms with van der Waals surface area (Å²) in [5.74, 6) is 0.260. The van der Waals surface area contributed by atoms with Gasteiger partial charge in [-0.1, -0.05) is 0 Å². The molecule has 1 atom stereocenters. The van der Waals surface area contributed by atoms with Crippen LogP contribution in [-0.4, -0.2) is 17.8 Å². The van der Waals surface area contributed by atoms with E-state index in [9.17, 15) is 4.79 Å². The minimum Gasteiger partial charge on any atom is -0.367 e. The van der Waals surface area contributed by atoms with Gasteiger partial charge in [0.15, 0.2) is 0 Å². The molecule has 8 heavy (non-hydrogen) atoms. The van der Waals surface area contributed by atoms with Gasteiger partial charge in [0.1, 0.15) is 11.2 Å². The second kappa shape index (κ2) is 2.51. The number of ketones is 1. The molecule has 1 rings (SSSR count). The minimum absolute atomic E-state index is 0.142. The molecular weight excluding hydrogens is 124 g/mol. The fourth-order valence-electron chi connectivity index (χ4n) is 0.665. The summed E-state index contributed by atoms with van der Waals surface area (Å²) in [6.07, 6.45) is 1.04. The molecule has 0 radical (unpaired) electrons. The second-order valence-corrected chi connectivity index (χ2v) is 2.39. The van der Waals surface area contributed by atoms with Gasteiger partial charge < -0.3 is 4.74 Å². The molecule has 46 valence electrons. The second-order valence-electron chi connectivity index (χ2n) is 1.82. The molecule has 0 bridgehead atoms. The molecular formula is C5H8O2S. The first kappa shape index (κ1) is 6.11. The average Bonchev–Trinajstić information content (AvgIpc) is 1.64. The molecule has 1 unspecified atom stereocenters. The van der Waals surface area contributed by atoms with E-state index in [0.29, 0.717) is 19.4 Å². The van der Waals surface area contributed by atoms with Gasteiger partial charge in [0.2, 0.25) is 0 Å². The van der Waals surface area contributed by atoms with Crippen molar-refractivity contribution in [1.82, 2.24) is 0 Å². The highest BCUT2D eigenvalue weighted by Crippen LogP contribution is 2.11. The fourth-order valence-corrected chi connectivity index (χ4v) is 0.974. The first-order valence-electron chi connectivity index (χ1n) is 2.60. The number of hydrogen-bond donors (Lipinski definition) is 1. The van der Waals surface area contributed by atoms with E-state index in [1.165, 1.54) is 0 Å². The van der Waals surface area contributed by atoms with Crippen LogP contribution in [0.4, 0.5) is 0 Å². The van der Waals surface area contributed by atoms with Crippen LogP contribution in [0, 0.1) is 0 Å². The highest BCUT2D eigenvalue weighted by atomic mass is 32.1. The Hall–Kier alpha value is -0.0200. The van der Waals surface area contributed by atoms with Crippen molar-refractivity contribution in [3.63, 3.8) is 0 Å². The van der Waals surface area contributed by atoms with Crippen molar-refractivity contribution in [1.29, 1.82) is 0 Å². The number of rotatable bonds is 0. The molecule has 3 heteroatoms. The van der Waals surface area contributed by atoms with Crippen LogP contribution >= 0.6 is 12.6 Å². The van der Waals surface area contributed by atoms with Crippen LogP contribution in [0.3, 0.4) is 0 Å². The molecule has 1 heterocycles. The van der Waals surface area contributed by atoms with Crippen molar-refractivity contribution in [3.8, 4) is 0 Å². The monoisotopic (exact) mass is 132 g/mol. The van der Waals surface area contributed by atoms with Crippen molar-refractivity contribution in [3.05, 3.63) is 0 Å². The predicted octanol–water partition coefficient (Wildman–Crippen LogP) is 0.622. The highest BCUT2D eigenvalue weighted by Gasteiger charge is 2.15. The Bertz CT molecular complexity index is 103. The number of carbonyl (C=O) groups excluding carboxylic acids is 1. The number of carbonyl (C=O) groups is 1. The van der Waals surface area contributed by atoms with Gasteiger partial charge in [0.05, 0.1) is 6.61 Å². The fraction of sp³-hybridized carbons (Fsp3) is 0.800. The zero-order chi connectivity index (χ0) is 5.98. The third kappa shape index (κ3) is 1.49. The van der Waals surface area contributed by atoms with Gasteiger partial charge in [-0.25, -0.2) is 0 Å². The van der Waals surface area contributed by atoms with E-state index in [0.717, 1.165) is 0 Å². The highest BCUT2D eigenvalue weighted by molar-refractivity contribution is 7.80. The van der Waals surface area contributed by atoms with Gasteiger partial charge in [-0.05, 0) is 0 Å². The van der Waals surface area contributed by atoms with E-state index < -0.39 is 0 Å². The van der Waals surface area contributed by atoms with E-state index >= 15 is 0 Å². The number of thiol groups is 1. The Labute approximate surface area is 53.6 Å². The zero-order valence-electron chi connectivity index (χ0n) is 4.46. The maximum atomic E-state index is 10.5. The number of ether oxygens (including phenoxy) is 1. The van der Waals surface area contributed by atoms with Gasteiger partial charge in [0.25, 0.3) is 0 Å². The lowest BCUT2D eigenvalue weighted by Crippen LogP contribution is -2.20. The average molecular weight is 132 g/mol. The van der Waals surface area contributed by atoms with Gasteiger partial charge in [-0.2, -0.15) is 0 Å². The van der Waals surface area contributed by atoms with Crippen LogP contribution < -0.4 is 0 Å². The van der Waals surface area contributed by atoms with E-state index in [1.54, 1.807) is 0 Å². The molecule has 0 aromatic heterocycles. The Morgan fingerprint density at radius 1 is 1.75 bits per heavy atom. The standard InChI is InChI=1S/C5H8O2S/c6-4-1-2-7-5(8)3-4/h5,8H,1-3H2. The molecule has 0 aliphatic carbocycles. The maximum Gasteiger partial charge on any atom is 0.138 e. The molecule has 1 saturated heterocycles. The third-order valence-corrected chi connectivity index (χ3v) is 1.43. The molecule has 2 nitrogen and oxygen atoms in total. The molecule has 0 aromatic rings. The normalized spacial score (nSPS) is 30.6. The van der Waals surface area contributed by atoms with Crippen molar-refractivity contribution in [2.45, 2.75) is 18.3 Å². The Morgan fingerprint density at radius 2 is 2.50 bits per heavy atom. The summed E-state index contributed by atoms with van der Waals surface area (Å²) in [6.45, 7) is 0.549. The molecule has 0 spiro atoms. The lowest BCUT2D eigenvalue weighted by atomic mass is 10.2. The van der Waals surface area contributed by atoms with Crippen LogP contribution in [0.2, 0.25) is 0 Å². The summed E-state index contributed by atoms with van der Waals surface area (Å²) >= 11 is 3.98. The smallest absolute Gasteiger partial charge is 0.138 e. The van der Waals surface area contributed by atoms with E-state index in [1.807, 2.05) is 0 Å². The quantitative estimate of drug-likeness (QED) is 0.489. The van der Waals surface area contributed by atoms with Gasteiger partial charge in [0, 0.05) is 12.8 Å². The Morgan fingerprint density at radius 3 is 2.88 bits per heavy atom. The SMILES string of the molecule is O=C1CCOC(S)C1. The predicted molar refractivity (Wildman–Crippen MR) is 33.0 cm³/mol. The van der Waals surface area contributed by atoms with Crippen molar-refractivity contribution < 1.29 is 9.53 Å². The van der Waals surface area contributed by atoms with Crippen LogP contribution in [0.25, 0.3) is 0 Å². The van der Waals surface area contributed by atoms with Crippen LogP contribution in [-0.2, 0) is 9.53 Å². The number of hydrogen-bond acceptors (Lipinski definition) is 3. The van der Waals surface area contributed by atoms with Crippen molar-refractivity contribution >= 4 is 18.4 Å². The number of Topliss-reactive ketones (excluding diaryl/α,β-unsaturated/α-hetero) is 1. The van der Waals surface area contributed by atoms with Crippen molar-refractivity contribution in [2.75, 3.05) is 6.61 Å². The molecule has 0 aromatic carbocycles. The van der Waals surface area contributed by atoms with Gasteiger partial charge >= 0.3 is 0 Å². The Balaban J connectivity index is 2.34. The summed E-state index contributed by atoms with van der Waals surface area (Å²) in [6, 6.07) is 0. The first-order valence-corrected chi connectivity index (χ1v) is 3.12. The summed E-state index contributed by atoms with van der Waals surface area (Å²) in [7, 11) is 0. The summed E-state index contributed by atoms with van der Waals surface area (Å²) in [5, 5.41) is 0. The molecule has 1 aliphatic rings. The van der Waals surface area contributed by atoms with E-state index in [-0.39, 0.29) is 11.2 Å². The lowest BCUT2D eigenvalue weighted by molar-refractivity contribution is -0.125. The largest absolute Gasteiger partial charge is 0.367 e. The molecule has 1 aliphatic heterocycles. The lowest BCUT2D eigenvalue weighted by Gasteiger charge is -2.15. The molecule has 0 amide bonds. The first-order chi connectivity index (χ1) is 3.79. The van der Waals surface area contributed by atoms with Crippen LogP contribution in [0.1, 0.15) is 12.8 Å². The summed E-state index contributed by atoms with van der Waals surface area (Å²) in [5.41, 5.74) is -0.142. The van der Waals surface area contributed by atoms with Gasteiger partial charge in [-0.15, -0.1) is 12.6 Å². The summed E-state index contributed by atoms with van der Waals surface area (Å²) < 4.78 is 4.99. The minimum atomic E-state index is -0.142. The Kier molecular flexibility index (Phi) is 1.91. The zero-order valence-corrected chi connectivity index (χ0v) is 5.36. The van der Waals surface area contributed by atoms with E-state index in [4.69, 9.17) is 4.74 Å². The van der Waals surface area contributed by atoms with Crippen LogP contribution in [0.5, 0.6) is 0 Å². The molecule has 1 fully saturated rings. The van der Waals surface area contributed by atoms with Crippen molar-refractivity contribution in [2.24, 2.45) is 0 Å². The van der Waals surface area contributed by atoms with E-state index in [2.05, 4.69) is 12.6 Å². The maximum absolute atomic E-state index is 10.5. The molecule has 0 N–H and O–H groups in total. The topological polar surface area (TPSA) is 26.3 Å². The third-order valence-electron chi connectivity index (χ3n) is 1.09. The van der Waals surface area contributed by atoms with Gasteiger partial charge in [-0.3, -0.25) is 4.79 Å². The molecule has 0 saturated carbocycles.